The number of amides is 1. The zero-order valence-electron chi connectivity index (χ0n) is 14.6. The molecule has 2 fully saturated rings. The van der Waals surface area contributed by atoms with Crippen molar-refractivity contribution in [2.45, 2.75) is 63.8 Å². The topological polar surface area (TPSA) is 75.6 Å². The number of alkyl halides is 2. The van der Waals surface area contributed by atoms with Crippen LogP contribution < -0.4 is 5.32 Å². The Morgan fingerprint density at radius 2 is 1.76 bits per heavy atom. The Morgan fingerprint density at radius 3 is 2.32 bits per heavy atom. The van der Waals surface area contributed by atoms with Gasteiger partial charge in [-0.15, -0.1) is 0 Å². The van der Waals surface area contributed by atoms with Crippen LogP contribution >= 0.6 is 0 Å². The molecule has 1 saturated carbocycles. The van der Waals surface area contributed by atoms with Crippen LogP contribution in [-0.4, -0.2) is 43.5 Å². The Morgan fingerprint density at radius 1 is 1.20 bits per heavy atom. The lowest BCUT2D eigenvalue weighted by atomic mass is 9.84. The van der Waals surface area contributed by atoms with E-state index in [-0.39, 0.29) is 42.0 Å². The van der Waals surface area contributed by atoms with Gasteiger partial charge < -0.3 is 5.32 Å². The quantitative estimate of drug-likeness (QED) is 0.592. The average Bonchev–Trinajstić information content (AvgIpc) is 2.51. The molecule has 1 N–H and O–H groups in total. The van der Waals surface area contributed by atoms with E-state index in [2.05, 4.69) is 16.9 Å². The second-order valence-electron chi connectivity index (χ2n) is 7.20. The number of nitrogens with one attached hydrogen (secondary N) is 1. The second kappa shape index (κ2) is 7.93. The first-order chi connectivity index (χ1) is 11.6. The molecule has 0 spiro atoms. The number of hydrogen-bond acceptors (Lipinski definition) is 4. The molecule has 1 amide bonds. The number of nitrogens with zero attached hydrogens (tertiary/aromatic N) is 1. The van der Waals surface area contributed by atoms with Gasteiger partial charge in [0.1, 0.15) is 15.5 Å². The maximum absolute atomic E-state index is 13.2. The van der Waals surface area contributed by atoms with Gasteiger partial charge in [0.2, 0.25) is 5.92 Å². The summed E-state index contributed by atoms with van der Waals surface area (Å²) in [6, 6.07) is -0.177. The molecule has 0 aromatic carbocycles. The van der Waals surface area contributed by atoms with E-state index in [9.17, 15) is 22.0 Å². The van der Waals surface area contributed by atoms with Crippen LogP contribution in [0.1, 0.15) is 51.9 Å². The van der Waals surface area contributed by atoms with E-state index in [1.165, 1.54) is 0 Å². The van der Waals surface area contributed by atoms with Crippen molar-refractivity contribution in [3.05, 3.63) is 12.3 Å². The molecule has 25 heavy (non-hydrogen) atoms. The summed E-state index contributed by atoms with van der Waals surface area (Å²) >= 11 is 0. The summed E-state index contributed by atoms with van der Waals surface area (Å²) in [5.41, 5.74) is 0.786. The van der Waals surface area contributed by atoms with Gasteiger partial charge in [-0.2, -0.15) is 0 Å². The SMILES string of the molecule is C=C(N=C(C)CC1CCC(F)(F)CC1)C(=O)NC1CCS(=O)(=O)CC1. The van der Waals surface area contributed by atoms with Gasteiger partial charge in [-0.3, -0.25) is 9.79 Å². The van der Waals surface area contributed by atoms with Gasteiger partial charge in [0.15, 0.2) is 0 Å². The Labute approximate surface area is 147 Å². The lowest BCUT2D eigenvalue weighted by molar-refractivity contribution is -0.118. The molecule has 0 atom stereocenters. The second-order valence-corrected chi connectivity index (χ2v) is 9.50. The van der Waals surface area contributed by atoms with Crippen molar-refractivity contribution in [1.29, 1.82) is 0 Å². The fourth-order valence-electron chi connectivity index (χ4n) is 3.35. The lowest BCUT2D eigenvalue weighted by Gasteiger charge is -2.28. The van der Waals surface area contributed by atoms with Crippen LogP contribution in [0.15, 0.2) is 17.3 Å². The number of halogens is 2. The van der Waals surface area contributed by atoms with Crippen LogP contribution in [0.3, 0.4) is 0 Å². The normalized spacial score (nSPS) is 24.7. The van der Waals surface area contributed by atoms with Gasteiger partial charge in [-0.05, 0) is 44.9 Å². The standard InChI is InChI=1S/C17H26F2N2O3S/c1-12(11-14-3-7-17(18,19)8-4-14)20-13(2)16(22)21-15-5-9-25(23,24)10-6-15/h14-15H,2-11H2,1H3,(H,21,22). The molecule has 2 aliphatic rings. The molecule has 1 heterocycles. The van der Waals surface area contributed by atoms with E-state index in [0.29, 0.717) is 37.8 Å². The predicted octanol–water partition coefficient (Wildman–Crippen LogP) is 2.87. The first-order valence-corrected chi connectivity index (χ1v) is 10.5. The number of rotatable bonds is 5. The van der Waals surface area contributed by atoms with E-state index in [4.69, 9.17) is 0 Å². The molecule has 1 aliphatic carbocycles. The van der Waals surface area contributed by atoms with E-state index in [1.807, 2.05) is 0 Å². The maximum Gasteiger partial charge on any atom is 0.269 e. The summed E-state index contributed by atoms with van der Waals surface area (Å²) in [5, 5.41) is 2.77. The molecule has 142 valence electrons. The van der Waals surface area contributed by atoms with Crippen molar-refractivity contribution >= 4 is 21.5 Å². The summed E-state index contributed by atoms with van der Waals surface area (Å²) in [7, 11) is -2.97. The fraction of sp³-hybridized carbons (Fsp3) is 0.765. The molecule has 0 aromatic heterocycles. The Hall–Kier alpha value is -1.31. The zero-order chi connectivity index (χ0) is 18.7. The highest BCUT2D eigenvalue weighted by Crippen LogP contribution is 2.37. The number of aliphatic imine (C=N–C) groups is 1. The molecule has 8 heteroatoms. The van der Waals surface area contributed by atoms with Gasteiger partial charge in [0, 0.05) is 24.6 Å². The molecule has 1 saturated heterocycles. The molecule has 0 bridgehead atoms. The van der Waals surface area contributed by atoms with Crippen molar-refractivity contribution in [2.24, 2.45) is 10.9 Å². The minimum atomic E-state index is -2.97. The van der Waals surface area contributed by atoms with Gasteiger partial charge in [-0.1, -0.05) is 6.58 Å². The first-order valence-electron chi connectivity index (χ1n) is 8.68. The number of carbonyl (C=O) groups excluding carboxylic acids is 1. The van der Waals surface area contributed by atoms with Crippen LogP contribution in [0.2, 0.25) is 0 Å². The molecular weight excluding hydrogens is 350 g/mol. The summed E-state index contributed by atoms with van der Waals surface area (Å²) in [4.78, 5) is 16.3. The highest BCUT2D eigenvalue weighted by Gasteiger charge is 2.34. The van der Waals surface area contributed by atoms with Crippen LogP contribution in [0.4, 0.5) is 8.78 Å². The monoisotopic (exact) mass is 376 g/mol. The van der Waals surface area contributed by atoms with E-state index in [1.54, 1.807) is 6.92 Å². The summed E-state index contributed by atoms with van der Waals surface area (Å²) in [6.45, 7) is 5.44. The van der Waals surface area contributed by atoms with Crippen LogP contribution in [0, 0.1) is 5.92 Å². The number of hydrogen-bond donors (Lipinski definition) is 1. The molecular formula is C17H26F2N2O3S. The predicted molar refractivity (Wildman–Crippen MR) is 93.6 cm³/mol. The van der Waals surface area contributed by atoms with Gasteiger partial charge in [0.05, 0.1) is 11.5 Å². The average molecular weight is 376 g/mol. The van der Waals surface area contributed by atoms with Crippen molar-refractivity contribution in [3.63, 3.8) is 0 Å². The summed E-state index contributed by atoms with van der Waals surface area (Å²) in [5.74, 6) is -2.61. The minimum Gasteiger partial charge on any atom is -0.348 e. The van der Waals surface area contributed by atoms with E-state index >= 15 is 0 Å². The largest absolute Gasteiger partial charge is 0.348 e. The third kappa shape index (κ3) is 6.49. The molecule has 0 radical (unpaired) electrons. The molecule has 0 aromatic rings. The lowest BCUT2D eigenvalue weighted by Crippen LogP contribution is -2.41. The van der Waals surface area contributed by atoms with Crippen molar-refractivity contribution < 1.29 is 22.0 Å². The van der Waals surface area contributed by atoms with Gasteiger partial charge >= 0.3 is 0 Å². The smallest absolute Gasteiger partial charge is 0.269 e. The highest BCUT2D eigenvalue weighted by atomic mass is 32.2. The fourth-order valence-corrected chi connectivity index (χ4v) is 4.84. The Bertz CT molecular complexity index is 635. The molecule has 0 unspecified atom stereocenters. The van der Waals surface area contributed by atoms with E-state index in [0.717, 1.165) is 0 Å². The zero-order valence-corrected chi connectivity index (χ0v) is 15.4. The van der Waals surface area contributed by atoms with Crippen LogP contribution in [0.25, 0.3) is 0 Å². The van der Waals surface area contributed by atoms with E-state index < -0.39 is 21.7 Å². The van der Waals surface area contributed by atoms with Crippen molar-refractivity contribution in [2.75, 3.05) is 11.5 Å². The van der Waals surface area contributed by atoms with Crippen LogP contribution in [-0.2, 0) is 14.6 Å². The first kappa shape index (κ1) is 20.0. The molecule has 5 nitrogen and oxygen atoms in total. The van der Waals surface area contributed by atoms with Crippen molar-refractivity contribution in [3.8, 4) is 0 Å². The summed E-state index contributed by atoms with van der Waals surface area (Å²) in [6.07, 6.45) is 2.16. The highest BCUT2D eigenvalue weighted by molar-refractivity contribution is 7.91. The Balaban J connectivity index is 1.79. The third-order valence-corrected chi connectivity index (χ3v) is 6.61. The maximum atomic E-state index is 13.2. The molecule has 1 aliphatic heterocycles. The molecule has 2 rings (SSSR count). The van der Waals surface area contributed by atoms with Crippen LogP contribution in [0.5, 0.6) is 0 Å². The number of sulfone groups is 1. The van der Waals surface area contributed by atoms with Crippen molar-refractivity contribution in [1.82, 2.24) is 5.32 Å². The third-order valence-electron chi connectivity index (χ3n) is 4.90. The Kier molecular flexibility index (Phi) is 6.35. The summed E-state index contributed by atoms with van der Waals surface area (Å²) < 4.78 is 49.1. The van der Waals surface area contributed by atoms with Gasteiger partial charge in [0.25, 0.3) is 5.91 Å². The van der Waals surface area contributed by atoms with Gasteiger partial charge in [-0.25, -0.2) is 17.2 Å². The number of carbonyl (C=O) groups is 1. The minimum absolute atomic E-state index is 0.0760.